The van der Waals surface area contributed by atoms with Gasteiger partial charge in [0.15, 0.2) is 0 Å². The summed E-state index contributed by atoms with van der Waals surface area (Å²) in [5.74, 6) is -0.136. The number of hydrogen-bond acceptors (Lipinski definition) is 3. The van der Waals surface area contributed by atoms with E-state index >= 15 is 0 Å². The van der Waals surface area contributed by atoms with Crippen LogP contribution in [0.1, 0.15) is 27.7 Å². The molecule has 0 bridgehead atoms. The molecule has 0 fully saturated rings. The van der Waals surface area contributed by atoms with Crippen molar-refractivity contribution >= 4 is 29.1 Å². The quantitative estimate of drug-likeness (QED) is 0.617. The molecule has 0 saturated heterocycles. The number of carbonyl (C=O) groups excluding carboxylic acids is 1. The highest BCUT2D eigenvalue weighted by Crippen LogP contribution is 2.44. The fourth-order valence-corrected chi connectivity index (χ4v) is 3.72. The molecule has 1 amide bonds. The van der Waals surface area contributed by atoms with E-state index in [-0.39, 0.29) is 17.7 Å². The molecule has 0 spiro atoms. The number of aromatic nitrogens is 2. The topological polar surface area (TPSA) is 69.2 Å². The van der Waals surface area contributed by atoms with Crippen LogP contribution in [0.25, 0.3) is 11.3 Å². The number of hydrogen-bond donors (Lipinski definition) is 2. The number of rotatable bonds is 4. The molecule has 2 heterocycles. The Morgan fingerprint density at radius 1 is 1.19 bits per heavy atom. The average Bonchev–Trinajstić information content (AvgIpc) is 3.19. The van der Waals surface area contributed by atoms with E-state index in [1.165, 1.54) is 6.07 Å². The Morgan fingerprint density at radius 2 is 1.89 bits per heavy atom. The highest BCUT2D eigenvalue weighted by atomic mass is 35.5. The minimum atomic E-state index is -0.380. The van der Waals surface area contributed by atoms with Crippen LogP contribution in [-0.2, 0) is 0 Å². The minimum Gasteiger partial charge on any atom is -0.507 e. The first kappa shape index (κ1) is 17.6. The van der Waals surface area contributed by atoms with Crippen LogP contribution >= 0.6 is 23.2 Å². The molecule has 136 valence electrons. The van der Waals surface area contributed by atoms with Crippen LogP contribution in [0.5, 0.6) is 5.75 Å². The lowest BCUT2D eigenvalue weighted by atomic mass is 9.96. The van der Waals surface area contributed by atoms with Gasteiger partial charge in [-0.3, -0.25) is 9.89 Å². The molecule has 4 rings (SSSR count). The van der Waals surface area contributed by atoms with Gasteiger partial charge in [-0.1, -0.05) is 41.4 Å². The van der Waals surface area contributed by atoms with Crippen molar-refractivity contribution in [1.82, 2.24) is 15.1 Å². The lowest BCUT2D eigenvalue weighted by Crippen LogP contribution is -2.29. The normalized spacial score (nSPS) is 15.9. The van der Waals surface area contributed by atoms with Gasteiger partial charge in [-0.2, -0.15) is 5.10 Å². The third kappa shape index (κ3) is 2.89. The Kier molecular flexibility index (Phi) is 4.42. The number of benzene rings is 2. The lowest BCUT2D eigenvalue weighted by molar-refractivity contribution is 0.0764. The van der Waals surface area contributed by atoms with Gasteiger partial charge >= 0.3 is 0 Å². The fourth-order valence-electron chi connectivity index (χ4n) is 3.42. The third-order valence-electron chi connectivity index (χ3n) is 4.59. The van der Waals surface area contributed by atoms with Crippen LogP contribution in [0.4, 0.5) is 0 Å². The maximum absolute atomic E-state index is 12.9. The van der Waals surface area contributed by atoms with E-state index in [0.29, 0.717) is 39.1 Å². The molecule has 2 N–H and O–H groups in total. The maximum atomic E-state index is 12.9. The highest BCUT2D eigenvalue weighted by molar-refractivity contribution is 6.31. The van der Waals surface area contributed by atoms with Crippen LogP contribution in [0, 0.1) is 0 Å². The summed E-state index contributed by atoms with van der Waals surface area (Å²) in [6, 6.07) is 11.7. The van der Waals surface area contributed by atoms with Crippen molar-refractivity contribution in [3.63, 3.8) is 0 Å². The maximum Gasteiger partial charge on any atom is 0.273 e. The molecular formula is C20H15Cl2N3O2. The Hall–Kier alpha value is -2.76. The zero-order valence-corrected chi connectivity index (χ0v) is 15.6. The van der Waals surface area contributed by atoms with Gasteiger partial charge in [0.2, 0.25) is 0 Å². The molecule has 0 radical (unpaired) electrons. The van der Waals surface area contributed by atoms with Crippen LogP contribution in [0.15, 0.2) is 55.1 Å². The molecule has 1 aromatic heterocycles. The second-order valence-corrected chi connectivity index (χ2v) is 7.10. The van der Waals surface area contributed by atoms with Gasteiger partial charge in [-0.25, -0.2) is 0 Å². The number of nitrogens with one attached hydrogen (secondary N) is 1. The van der Waals surface area contributed by atoms with E-state index in [1.807, 2.05) is 12.1 Å². The summed E-state index contributed by atoms with van der Waals surface area (Å²) in [5, 5.41) is 18.5. The smallest absolute Gasteiger partial charge is 0.273 e. The number of H-pyrrole nitrogens is 1. The summed E-state index contributed by atoms with van der Waals surface area (Å²) < 4.78 is 0. The largest absolute Gasteiger partial charge is 0.507 e. The molecule has 7 heteroatoms. The number of fused-ring (bicyclic) bond motifs is 1. The van der Waals surface area contributed by atoms with E-state index in [0.717, 1.165) is 5.56 Å². The van der Waals surface area contributed by atoms with Gasteiger partial charge < -0.3 is 10.0 Å². The van der Waals surface area contributed by atoms with Crippen molar-refractivity contribution in [3.8, 4) is 17.0 Å². The van der Waals surface area contributed by atoms with E-state index in [1.54, 1.807) is 35.2 Å². The zero-order valence-electron chi connectivity index (χ0n) is 14.1. The Morgan fingerprint density at radius 3 is 2.59 bits per heavy atom. The molecule has 1 aliphatic heterocycles. The number of amides is 1. The summed E-state index contributed by atoms with van der Waals surface area (Å²) >= 11 is 12.1. The number of halogens is 2. The van der Waals surface area contributed by atoms with Crippen molar-refractivity contribution in [1.29, 1.82) is 0 Å². The first-order valence-corrected chi connectivity index (χ1v) is 9.01. The SMILES string of the molecule is C=CCN1C(=O)c2[nH]nc(-c3cc(Cl)ccc3O)c2C1c1ccc(Cl)cc1. The fraction of sp³-hybridized carbons (Fsp3) is 0.100. The van der Waals surface area contributed by atoms with Crippen molar-refractivity contribution in [3.05, 3.63) is 82.0 Å². The van der Waals surface area contributed by atoms with Crippen molar-refractivity contribution in [2.75, 3.05) is 6.54 Å². The molecule has 2 aromatic carbocycles. The summed E-state index contributed by atoms with van der Waals surface area (Å²) in [6.45, 7) is 4.13. The Balaban J connectivity index is 1.93. The summed E-state index contributed by atoms with van der Waals surface area (Å²) in [7, 11) is 0. The van der Waals surface area contributed by atoms with Crippen LogP contribution in [-0.4, -0.2) is 32.7 Å². The van der Waals surface area contributed by atoms with Crippen LogP contribution in [0.2, 0.25) is 10.0 Å². The van der Waals surface area contributed by atoms with Crippen molar-refractivity contribution < 1.29 is 9.90 Å². The first-order chi connectivity index (χ1) is 13.0. The van der Waals surface area contributed by atoms with Gasteiger partial charge in [0.25, 0.3) is 5.91 Å². The Bertz CT molecular complexity index is 1040. The molecule has 27 heavy (non-hydrogen) atoms. The van der Waals surface area contributed by atoms with Gasteiger partial charge in [-0.15, -0.1) is 6.58 Å². The predicted molar refractivity (Wildman–Crippen MR) is 105 cm³/mol. The monoisotopic (exact) mass is 399 g/mol. The van der Waals surface area contributed by atoms with Crippen LogP contribution < -0.4 is 0 Å². The number of nitrogens with zero attached hydrogens (tertiary/aromatic N) is 2. The molecular weight excluding hydrogens is 385 g/mol. The minimum absolute atomic E-state index is 0.0400. The molecule has 1 aliphatic rings. The van der Waals surface area contributed by atoms with Crippen molar-refractivity contribution in [2.24, 2.45) is 0 Å². The first-order valence-electron chi connectivity index (χ1n) is 8.25. The standard InChI is InChI=1S/C20H15Cl2N3O2/c1-2-9-25-19(11-3-5-12(21)6-4-11)16-17(23-24-18(16)20(25)27)14-10-13(22)7-8-15(14)26/h2-8,10,19,26H,1,9H2,(H,23,24). The molecule has 5 nitrogen and oxygen atoms in total. The number of phenols is 1. The van der Waals surface area contributed by atoms with E-state index in [2.05, 4.69) is 16.8 Å². The van der Waals surface area contributed by atoms with Gasteiger partial charge in [0, 0.05) is 27.7 Å². The summed E-state index contributed by atoms with van der Waals surface area (Å²) in [4.78, 5) is 14.6. The van der Waals surface area contributed by atoms with Gasteiger partial charge in [0.1, 0.15) is 17.1 Å². The van der Waals surface area contributed by atoms with E-state index < -0.39 is 0 Å². The summed E-state index contributed by atoms with van der Waals surface area (Å²) in [6.07, 6.45) is 1.68. The molecule has 1 atom stereocenters. The predicted octanol–water partition coefficient (Wildman–Crippen LogP) is 4.82. The summed E-state index contributed by atoms with van der Waals surface area (Å²) in [5.41, 5.74) is 2.93. The average molecular weight is 400 g/mol. The number of aromatic hydroxyl groups is 1. The lowest BCUT2D eigenvalue weighted by Gasteiger charge is -2.25. The van der Waals surface area contributed by atoms with Gasteiger partial charge in [0.05, 0.1) is 6.04 Å². The Labute approximate surface area is 165 Å². The number of carbonyl (C=O) groups is 1. The highest BCUT2D eigenvalue weighted by Gasteiger charge is 2.41. The van der Waals surface area contributed by atoms with Gasteiger partial charge in [-0.05, 0) is 35.9 Å². The number of phenolic OH excluding ortho intramolecular Hbond substituents is 1. The third-order valence-corrected chi connectivity index (χ3v) is 5.08. The molecule has 1 unspecified atom stereocenters. The van der Waals surface area contributed by atoms with Crippen LogP contribution in [0.3, 0.4) is 0 Å². The molecule has 0 aliphatic carbocycles. The molecule has 3 aromatic rings. The number of aromatic amines is 1. The molecule has 0 saturated carbocycles. The van der Waals surface area contributed by atoms with E-state index in [4.69, 9.17) is 23.2 Å². The second kappa shape index (κ2) is 6.76. The van der Waals surface area contributed by atoms with E-state index in [9.17, 15) is 9.90 Å². The zero-order chi connectivity index (χ0) is 19.1. The van der Waals surface area contributed by atoms with Crippen molar-refractivity contribution in [2.45, 2.75) is 6.04 Å². The second-order valence-electron chi connectivity index (χ2n) is 6.22.